The second-order valence-electron chi connectivity index (χ2n) is 5.00. The molecule has 0 saturated heterocycles. The van der Waals surface area contributed by atoms with Gasteiger partial charge in [-0.25, -0.2) is 0 Å². The molecule has 1 heterocycles. The van der Waals surface area contributed by atoms with Crippen molar-refractivity contribution in [1.82, 2.24) is 5.32 Å². The summed E-state index contributed by atoms with van der Waals surface area (Å²) in [5, 5.41) is 3.54. The maximum Gasteiger partial charge on any atom is 0.0931 e. The van der Waals surface area contributed by atoms with Gasteiger partial charge in [0, 0.05) is 23.8 Å². The molecule has 17 heavy (non-hydrogen) atoms. The minimum atomic E-state index is 0.334. The van der Waals surface area contributed by atoms with Gasteiger partial charge in [0.1, 0.15) is 0 Å². The summed E-state index contributed by atoms with van der Waals surface area (Å²) in [5.74, 6) is 0.783. The molecule has 0 bridgehead atoms. The van der Waals surface area contributed by atoms with Crippen LogP contribution in [0.4, 0.5) is 0 Å². The van der Waals surface area contributed by atoms with E-state index in [1.807, 2.05) is 6.07 Å². The molecule has 0 unspecified atom stereocenters. The number of thiophene rings is 1. The number of hydrogen-bond donors (Lipinski definition) is 1. The van der Waals surface area contributed by atoms with E-state index in [1.54, 1.807) is 11.3 Å². The first-order valence-electron chi connectivity index (χ1n) is 6.25. The zero-order valence-electron chi connectivity index (χ0n) is 9.98. The zero-order valence-corrected chi connectivity index (χ0v) is 12.3. The van der Waals surface area contributed by atoms with E-state index in [0.29, 0.717) is 5.41 Å². The monoisotopic (exact) mass is 291 g/mol. The summed E-state index contributed by atoms with van der Waals surface area (Å²) in [7, 11) is 0. The molecule has 1 aromatic heterocycles. The first kappa shape index (κ1) is 13.7. The molecule has 96 valence electrons. The summed E-state index contributed by atoms with van der Waals surface area (Å²) in [6, 6.07) is 4.05. The van der Waals surface area contributed by atoms with Crippen LogP contribution in [0.5, 0.6) is 0 Å². The molecule has 1 fully saturated rings. The van der Waals surface area contributed by atoms with Crippen molar-refractivity contribution in [2.45, 2.75) is 38.6 Å². The summed E-state index contributed by atoms with van der Waals surface area (Å²) in [6.45, 7) is 1.95. The molecule has 1 nitrogen and oxygen atoms in total. The van der Waals surface area contributed by atoms with E-state index in [0.717, 1.165) is 23.3 Å². The van der Waals surface area contributed by atoms with Gasteiger partial charge < -0.3 is 5.32 Å². The van der Waals surface area contributed by atoms with Crippen LogP contribution >= 0.6 is 34.5 Å². The Morgan fingerprint density at radius 1 is 1.24 bits per heavy atom. The van der Waals surface area contributed by atoms with Gasteiger partial charge in [-0.2, -0.15) is 0 Å². The molecule has 1 aliphatic rings. The van der Waals surface area contributed by atoms with Crippen molar-refractivity contribution < 1.29 is 0 Å². The van der Waals surface area contributed by atoms with Gasteiger partial charge in [-0.05, 0) is 30.4 Å². The highest BCUT2D eigenvalue weighted by Gasteiger charge is 2.30. The summed E-state index contributed by atoms with van der Waals surface area (Å²) in [5.41, 5.74) is 0.334. The van der Waals surface area contributed by atoms with Crippen LogP contribution in [0.1, 0.15) is 37.0 Å². The van der Waals surface area contributed by atoms with Gasteiger partial charge in [-0.15, -0.1) is 22.9 Å². The Kier molecular flexibility index (Phi) is 5.16. The first-order chi connectivity index (χ1) is 8.24. The Labute approximate surface area is 118 Å². The fourth-order valence-electron chi connectivity index (χ4n) is 2.56. The largest absolute Gasteiger partial charge is 0.311 e. The van der Waals surface area contributed by atoms with Gasteiger partial charge in [0.2, 0.25) is 0 Å². The minimum Gasteiger partial charge on any atom is -0.311 e. The van der Waals surface area contributed by atoms with Crippen molar-refractivity contribution in [3.05, 3.63) is 21.3 Å². The van der Waals surface area contributed by atoms with Gasteiger partial charge in [0.25, 0.3) is 0 Å². The SMILES string of the molecule is ClCC1(CNCc2ccc(Cl)s2)CCCCC1. The Morgan fingerprint density at radius 3 is 2.59 bits per heavy atom. The third-order valence-electron chi connectivity index (χ3n) is 3.63. The Balaban J connectivity index is 1.79. The Bertz CT molecular complexity index is 345. The second-order valence-corrected chi connectivity index (χ2v) is 7.07. The van der Waals surface area contributed by atoms with Gasteiger partial charge >= 0.3 is 0 Å². The standard InChI is InChI=1S/C13H19Cl2NS/c14-9-13(6-2-1-3-7-13)10-16-8-11-4-5-12(15)17-11/h4-5,16H,1-3,6-10H2. The Morgan fingerprint density at radius 2 is 2.00 bits per heavy atom. The molecule has 2 rings (SSSR count). The third kappa shape index (κ3) is 3.85. The molecule has 0 amide bonds. The molecule has 1 N–H and O–H groups in total. The van der Waals surface area contributed by atoms with Crippen LogP contribution in [-0.2, 0) is 6.54 Å². The maximum atomic E-state index is 6.16. The van der Waals surface area contributed by atoms with Crippen LogP contribution in [0.25, 0.3) is 0 Å². The molecule has 0 spiro atoms. The van der Waals surface area contributed by atoms with E-state index in [9.17, 15) is 0 Å². The van der Waals surface area contributed by atoms with Crippen molar-refractivity contribution in [2.24, 2.45) is 5.41 Å². The van der Waals surface area contributed by atoms with Crippen LogP contribution < -0.4 is 5.32 Å². The third-order valence-corrected chi connectivity index (χ3v) is 5.42. The van der Waals surface area contributed by atoms with Crippen molar-refractivity contribution in [3.8, 4) is 0 Å². The Hall–Kier alpha value is 0.240. The van der Waals surface area contributed by atoms with E-state index in [2.05, 4.69) is 11.4 Å². The lowest BCUT2D eigenvalue weighted by Gasteiger charge is -2.35. The van der Waals surface area contributed by atoms with Crippen molar-refractivity contribution in [2.75, 3.05) is 12.4 Å². The molecule has 1 aliphatic carbocycles. The quantitative estimate of drug-likeness (QED) is 0.777. The average molecular weight is 292 g/mol. The van der Waals surface area contributed by atoms with E-state index < -0.39 is 0 Å². The van der Waals surface area contributed by atoms with E-state index in [4.69, 9.17) is 23.2 Å². The van der Waals surface area contributed by atoms with Crippen LogP contribution in [-0.4, -0.2) is 12.4 Å². The molecule has 4 heteroatoms. The highest BCUT2D eigenvalue weighted by Crippen LogP contribution is 2.36. The molecule has 0 radical (unpaired) electrons. The molecule has 0 aliphatic heterocycles. The lowest BCUT2D eigenvalue weighted by Crippen LogP contribution is -2.37. The van der Waals surface area contributed by atoms with Gasteiger partial charge in [-0.3, -0.25) is 0 Å². The van der Waals surface area contributed by atoms with Crippen molar-refractivity contribution >= 4 is 34.5 Å². The number of rotatable bonds is 5. The van der Waals surface area contributed by atoms with Crippen molar-refractivity contribution in [3.63, 3.8) is 0 Å². The van der Waals surface area contributed by atoms with Crippen LogP contribution in [0.2, 0.25) is 4.34 Å². The second kappa shape index (κ2) is 6.42. The predicted octanol–water partition coefficient (Wildman–Crippen LogP) is 4.68. The van der Waals surface area contributed by atoms with Gasteiger partial charge in [0.15, 0.2) is 0 Å². The lowest BCUT2D eigenvalue weighted by molar-refractivity contribution is 0.212. The minimum absolute atomic E-state index is 0.334. The maximum absolute atomic E-state index is 6.16. The lowest BCUT2D eigenvalue weighted by atomic mass is 9.75. The van der Waals surface area contributed by atoms with Crippen LogP contribution in [0.15, 0.2) is 12.1 Å². The molecule has 1 saturated carbocycles. The summed E-state index contributed by atoms with van der Waals surface area (Å²) < 4.78 is 0.867. The van der Waals surface area contributed by atoms with Crippen LogP contribution in [0.3, 0.4) is 0 Å². The highest BCUT2D eigenvalue weighted by atomic mass is 35.5. The highest BCUT2D eigenvalue weighted by molar-refractivity contribution is 7.16. The number of hydrogen-bond acceptors (Lipinski definition) is 2. The van der Waals surface area contributed by atoms with Crippen molar-refractivity contribution in [1.29, 1.82) is 0 Å². The zero-order chi connectivity index (χ0) is 12.1. The van der Waals surface area contributed by atoms with Crippen LogP contribution in [0, 0.1) is 5.41 Å². The van der Waals surface area contributed by atoms with E-state index in [1.165, 1.54) is 37.0 Å². The average Bonchev–Trinajstić information content (AvgIpc) is 2.76. The van der Waals surface area contributed by atoms with E-state index >= 15 is 0 Å². The number of alkyl halides is 1. The normalized spacial score (nSPS) is 19.4. The van der Waals surface area contributed by atoms with Gasteiger partial charge in [0.05, 0.1) is 4.34 Å². The molecule has 0 atom stereocenters. The fraction of sp³-hybridized carbons (Fsp3) is 0.692. The molecular weight excluding hydrogens is 273 g/mol. The summed E-state index contributed by atoms with van der Waals surface area (Å²) >= 11 is 13.7. The predicted molar refractivity (Wildman–Crippen MR) is 77.3 cm³/mol. The summed E-state index contributed by atoms with van der Waals surface area (Å²) in [4.78, 5) is 1.30. The summed E-state index contributed by atoms with van der Waals surface area (Å²) in [6.07, 6.45) is 6.58. The van der Waals surface area contributed by atoms with Gasteiger partial charge in [-0.1, -0.05) is 30.9 Å². The smallest absolute Gasteiger partial charge is 0.0931 e. The number of halogens is 2. The first-order valence-corrected chi connectivity index (χ1v) is 7.98. The molecule has 0 aromatic carbocycles. The molecule has 1 aromatic rings. The topological polar surface area (TPSA) is 12.0 Å². The van der Waals surface area contributed by atoms with E-state index in [-0.39, 0.29) is 0 Å². The molecular formula is C13H19Cl2NS. The number of nitrogens with one attached hydrogen (secondary N) is 1. The fourth-order valence-corrected chi connectivity index (χ4v) is 3.98.